The maximum Gasteiger partial charge on any atom is 0.523 e. The minimum Gasteiger partial charge on any atom is -0.261 e. The highest BCUT2D eigenvalue weighted by Gasteiger charge is 2.58. The van der Waals surface area contributed by atoms with E-state index in [2.05, 4.69) is 4.18 Å². The third-order valence-electron chi connectivity index (χ3n) is 2.85. The topological polar surface area (TPSA) is 67.2 Å². The summed E-state index contributed by atoms with van der Waals surface area (Å²) in [6.07, 6.45) is -6.36. The number of hydrogen-bond acceptors (Lipinski definition) is 4. The van der Waals surface area contributed by atoms with Crippen LogP contribution < -0.4 is 0 Å². The van der Waals surface area contributed by atoms with E-state index >= 15 is 0 Å². The lowest BCUT2D eigenvalue weighted by Crippen LogP contribution is -2.44. The number of rotatable bonds is 5. The molecule has 0 aromatic heterocycles. The minimum atomic E-state index is -6.24. The summed E-state index contributed by atoms with van der Waals surface area (Å²) in [5.74, 6) is 0. The molecule has 0 aliphatic heterocycles. The smallest absolute Gasteiger partial charge is 0.261 e. The Morgan fingerprint density at radius 2 is 1.57 bits per heavy atom. The van der Waals surface area contributed by atoms with Gasteiger partial charge in [-0.3, -0.25) is 4.18 Å². The van der Waals surface area contributed by atoms with Gasteiger partial charge in [-0.25, -0.2) is 0 Å². The molecule has 0 aliphatic carbocycles. The van der Waals surface area contributed by atoms with Gasteiger partial charge in [0.05, 0.1) is 12.7 Å². The van der Waals surface area contributed by atoms with E-state index in [0.717, 1.165) is 6.07 Å². The van der Waals surface area contributed by atoms with Crippen molar-refractivity contribution in [1.82, 2.24) is 0 Å². The fourth-order valence-corrected chi connectivity index (χ4v) is 2.05. The molecule has 1 aromatic carbocycles. The Morgan fingerprint density at radius 3 is 1.96 bits per heavy atom. The second kappa shape index (κ2) is 6.37. The van der Waals surface area contributed by atoms with E-state index in [4.69, 9.17) is 5.26 Å². The van der Waals surface area contributed by atoms with Gasteiger partial charge in [0.1, 0.15) is 0 Å². The van der Waals surface area contributed by atoms with Crippen LogP contribution in [-0.4, -0.2) is 26.7 Å². The van der Waals surface area contributed by atoms with E-state index in [0.29, 0.717) is 0 Å². The summed E-state index contributed by atoms with van der Waals surface area (Å²) in [5.41, 5.74) is -9.33. The predicted octanol–water partition coefficient (Wildman–Crippen LogP) is 3.17. The van der Waals surface area contributed by atoms with Gasteiger partial charge in [0.2, 0.25) is 0 Å². The Kier molecular flexibility index (Phi) is 5.33. The molecule has 4 nitrogen and oxygen atoms in total. The fourth-order valence-electron chi connectivity index (χ4n) is 1.56. The third-order valence-corrected chi connectivity index (χ3v) is 3.84. The lowest BCUT2D eigenvalue weighted by molar-refractivity contribution is -0.211. The molecule has 0 amide bonds. The summed E-state index contributed by atoms with van der Waals surface area (Å²) in [7, 11) is -6.24. The molecule has 0 saturated carbocycles. The monoisotopic (exact) mass is 361 g/mol. The summed E-state index contributed by atoms with van der Waals surface area (Å²) in [4.78, 5) is 0. The molecule has 0 radical (unpaired) electrons. The van der Waals surface area contributed by atoms with Gasteiger partial charge in [-0.05, 0) is 5.56 Å². The Balaban J connectivity index is 3.15. The van der Waals surface area contributed by atoms with Gasteiger partial charge in [0.15, 0.2) is 5.41 Å². The zero-order valence-corrected chi connectivity index (χ0v) is 12.0. The van der Waals surface area contributed by atoms with Gasteiger partial charge in [0, 0.05) is 6.42 Å². The van der Waals surface area contributed by atoms with Crippen molar-refractivity contribution in [2.24, 2.45) is 5.41 Å². The van der Waals surface area contributed by atoms with E-state index in [1.54, 1.807) is 0 Å². The number of halogens is 6. The van der Waals surface area contributed by atoms with Gasteiger partial charge in [-0.2, -0.15) is 40.0 Å². The SMILES string of the molecule is N#CC(COS(=O)(=O)C(F)(F)F)(Cc1ccccc1)C(F)(F)F. The maximum atomic E-state index is 13.2. The third kappa shape index (κ3) is 4.35. The molecular formula is C12H9F6NO3S. The van der Waals surface area contributed by atoms with Crippen LogP contribution in [0.25, 0.3) is 0 Å². The first kappa shape index (κ1) is 19.2. The van der Waals surface area contributed by atoms with Gasteiger partial charge >= 0.3 is 21.8 Å². The lowest BCUT2D eigenvalue weighted by Gasteiger charge is -2.28. The molecule has 0 fully saturated rings. The Hall–Kier alpha value is -1.80. The molecule has 1 unspecified atom stereocenters. The Labute approximate surface area is 127 Å². The van der Waals surface area contributed by atoms with E-state index in [-0.39, 0.29) is 5.56 Å². The van der Waals surface area contributed by atoms with Crippen molar-refractivity contribution in [1.29, 1.82) is 5.26 Å². The lowest BCUT2D eigenvalue weighted by atomic mass is 9.83. The van der Waals surface area contributed by atoms with Crippen LogP contribution in [-0.2, 0) is 20.7 Å². The highest BCUT2D eigenvalue weighted by molar-refractivity contribution is 7.87. The molecule has 0 bridgehead atoms. The first-order valence-electron chi connectivity index (χ1n) is 5.82. The number of benzene rings is 1. The van der Waals surface area contributed by atoms with E-state index in [1.807, 2.05) is 0 Å². The summed E-state index contributed by atoms with van der Waals surface area (Å²) in [5, 5.41) is 8.85. The molecule has 0 aliphatic rings. The van der Waals surface area contributed by atoms with Crippen LogP contribution in [0.5, 0.6) is 0 Å². The van der Waals surface area contributed by atoms with Crippen LogP contribution in [0.15, 0.2) is 30.3 Å². The van der Waals surface area contributed by atoms with Crippen molar-refractivity contribution in [2.75, 3.05) is 6.61 Å². The van der Waals surface area contributed by atoms with E-state index in [1.165, 1.54) is 30.3 Å². The van der Waals surface area contributed by atoms with Crippen molar-refractivity contribution in [3.63, 3.8) is 0 Å². The average Bonchev–Trinajstić information content (AvgIpc) is 2.42. The first-order valence-corrected chi connectivity index (χ1v) is 7.23. The fraction of sp³-hybridized carbons (Fsp3) is 0.417. The number of nitrogens with zero attached hydrogens (tertiary/aromatic N) is 1. The quantitative estimate of drug-likeness (QED) is 0.459. The van der Waals surface area contributed by atoms with E-state index in [9.17, 15) is 34.8 Å². The van der Waals surface area contributed by atoms with Gasteiger partial charge in [-0.1, -0.05) is 30.3 Å². The van der Waals surface area contributed by atoms with Crippen molar-refractivity contribution < 1.29 is 38.9 Å². The summed E-state index contributed by atoms with van der Waals surface area (Å²) < 4.78 is 101. The molecule has 0 spiro atoms. The van der Waals surface area contributed by atoms with Crippen LogP contribution in [0.2, 0.25) is 0 Å². The summed E-state index contributed by atoms with van der Waals surface area (Å²) in [6, 6.07) is 7.49. The molecule has 0 heterocycles. The first-order chi connectivity index (χ1) is 10.3. The van der Waals surface area contributed by atoms with Crippen LogP contribution in [0, 0.1) is 16.7 Å². The van der Waals surface area contributed by atoms with Gasteiger partial charge in [0.25, 0.3) is 0 Å². The molecule has 128 valence electrons. The molecule has 23 heavy (non-hydrogen) atoms. The molecule has 11 heteroatoms. The molecule has 1 rings (SSSR count). The van der Waals surface area contributed by atoms with Gasteiger partial charge < -0.3 is 0 Å². The van der Waals surface area contributed by atoms with Crippen LogP contribution >= 0.6 is 0 Å². The molecule has 1 atom stereocenters. The molecule has 1 aromatic rings. The summed E-state index contributed by atoms with van der Waals surface area (Å²) in [6.45, 7) is -2.00. The molecule has 0 N–H and O–H groups in total. The highest BCUT2D eigenvalue weighted by Crippen LogP contribution is 2.42. The zero-order valence-electron chi connectivity index (χ0n) is 11.1. The standard InChI is InChI=1S/C12H9F6NO3S/c13-11(14,15)10(7-19,6-9-4-2-1-3-5-9)8-22-23(20,21)12(16,17)18/h1-5H,6,8H2. The Morgan fingerprint density at radius 1 is 1.04 bits per heavy atom. The normalized spacial score (nSPS) is 15.7. The van der Waals surface area contributed by atoms with Crippen molar-refractivity contribution in [3.8, 4) is 6.07 Å². The van der Waals surface area contributed by atoms with Crippen LogP contribution in [0.1, 0.15) is 5.56 Å². The Bertz CT molecular complexity index is 677. The van der Waals surface area contributed by atoms with Crippen molar-refractivity contribution in [3.05, 3.63) is 35.9 Å². The largest absolute Gasteiger partial charge is 0.523 e. The second-order valence-electron chi connectivity index (χ2n) is 4.52. The van der Waals surface area contributed by atoms with Crippen molar-refractivity contribution in [2.45, 2.75) is 18.1 Å². The van der Waals surface area contributed by atoms with Crippen LogP contribution in [0.3, 0.4) is 0 Å². The number of alkyl halides is 6. The number of hydrogen-bond donors (Lipinski definition) is 0. The minimum absolute atomic E-state index is 0.0145. The predicted molar refractivity (Wildman–Crippen MR) is 65.2 cm³/mol. The molecule has 0 saturated heterocycles. The van der Waals surface area contributed by atoms with Gasteiger partial charge in [-0.15, -0.1) is 0 Å². The maximum absolute atomic E-state index is 13.2. The molecular weight excluding hydrogens is 352 g/mol. The second-order valence-corrected chi connectivity index (χ2v) is 6.12. The summed E-state index contributed by atoms with van der Waals surface area (Å²) >= 11 is 0. The van der Waals surface area contributed by atoms with Crippen LogP contribution in [0.4, 0.5) is 26.3 Å². The van der Waals surface area contributed by atoms with E-state index < -0.39 is 40.2 Å². The zero-order chi connectivity index (χ0) is 17.9. The highest BCUT2D eigenvalue weighted by atomic mass is 32.2. The number of nitriles is 1. The van der Waals surface area contributed by atoms with Crippen molar-refractivity contribution >= 4 is 10.1 Å². The average molecular weight is 361 g/mol.